The van der Waals surface area contributed by atoms with Gasteiger partial charge in [0, 0.05) is 12.4 Å². The number of thioether (sulfide) groups is 1. The Morgan fingerprint density at radius 2 is 2.18 bits per heavy atom. The number of hydrogen-bond donors (Lipinski definition) is 1. The van der Waals surface area contributed by atoms with Crippen molar-refractivity contribution in [2.24, 2.45) is 0 Å². The molecule has 1 aliphatic rings. The van der Waals surface area contributed by atoms with Crippen molar-refractivity contribution in [1.29, 1.82) is 0 Å². The maximum atomic E-state index is 5.71. The standard InChI is InChI=1S/C16H21N3OS2/c1-12-4-6-13(7-5-12)10-22-11-15-17-18-16(21)19(15)9-14-3-2-8-20-14/h4-7,14H,2-3,8-11H2,1H3,(H,18,21)/t14-/m1/s1. The summed E-state index contributed by atoms with van der Waals surface area (Å²) < 4.78 is 8.49. The van der Waals surface area contributed by atoms with Crippen molar-refractivity contribution in [2.45, 2.75) is 43.9 Å². The maximum Gasteiger partial charge on any atom is 0.195 e. The summed E-state index contributed by atoms with van der Waals surface area (Å²) in [6.45, 7) is 3.79. The Kier molecular flexibility index (Phi) is 5.33. The van der Waals surface area contributed by atoms with Crippen LogP contribution in [-0.2, 0) is 22.8 Å². The average molecular weight is 335 g/mol. The summed E-state index contributed by atoms with van der Waals surface area (Å²) in [5, 5.41) is 7.29. The summed E-state index contributed by atoms with van der Waals surface area (Å²) in [4.78, 5) is 0. The molecule has 1 saturated heterocycles. The number of hydrogen-bond acceptors (Lipinski definition) is 4. The molecule has 0 bridgehead atoms. The molecule has 0 spiro atoms. The van der Waals surface area contributed by atoms with Gasteiger partial charge in [0.05, 0.1) is 18.4 Å². The zero-order chi connectivity index (χ0) is 15.4. The fourth-order valence-corrected chi connectivity index (χ4v) is 3.74. The molecule has 0 saturated carbocycles. The number of benzene rings is 1. The first-order valence-corrected chi connectivity index (χ1v) is 9.17. The SMILES string of the molecule is Cc1ccc(CSCc2n[nH]c(=S)n2C[C@H]2CCCO2)cc1. The van der Waals surface area contributed by atoms with Crippen molar-refractivity contribution in [3.63, 3.8) is 0 Å². The summed E-state index contributed by atoms with van der Waals surface area (Å²) in [5.74, 6) is 2.85. The molecule has 6 heteroatoms. The number of aromatic nitrogens is 3. The van der Waals surface area contributed by atoms with Crippen LogP contribution in [0.2, 0.25) is 0 Å². The highest BCUT2D eigenvalue weighted by Crippen LogP contribution is 2.19. The molecule has 3 rings (SSSR count). The molecule has 0 unspecified atom stereocenters. The van der Waals surface area contributed by atoms with Gasteiger partial charge in [-0.15, -0.1) is 11.8 Å². The second-order valence-corrected chi connectivity index (χ2v) is 7.04. The van der Waals surface area contributed by atoms with Crippen LogP contribution in [0.4, 0.5) is 0 Å². The van der Waals surface area contributed by atoms with E-state index in [9.17, 15) is 0 Å². The molecule has 1 fully saturated rings. The Morgan fingerprint density at radius 3 is 2.91 bits per heavy atom. The Bertz CT molecular complexity index is 657. The minimum atomic E-state index is 0.283. The molecule has 1 aromatic heterocycles. The molecule has 0 radical (unpaired) electrons. The second kappa shape index (κ2) is 7.44. The molecule has 1 aromatic carbocycles. The highest BCUT2D eigenvalue weighted by Gasteiger charge is 2.18. The van der Waals surface area contributed by atoms with Crippen LogP contribution in [0.5, 0.6) is 0 Å². The summed E-state index contributed by atoms with van der Waals surface area (Å²) in [6.07, 6.45) is 2.54. The highest BCUT2D eigenvalue weighted by atomic mass is 32.2. The quantitative estimate of drug-likeness (QED) is 0.814. The van der Waals surface area contributed by atoms with Crippen LogP contribution in [0.25, 0.3) is 0 Å². The fourth-order valence-electron chi connectivity index (χ4n) is 2.59. The minimum Gasteiger partial charge on any atom is -0.376 e. The van der Waals surface area contributed by atoms with E-state index in [1.807, 2.05) is 11.8 Å². The minimum absolute atomic E-state index is 0.283. The van der Waals surface area contributed by atoms with E-state index in [0.717, 1.165) is 43.3 Å². The van der Waals surface area contributed by atoms with Gasteiger partial charge in [0.15, 0.2) is 4.77 Å². The number of aryl methyl sites for hydroxylation is 1. The first-order valence-electron chi connectivity index (χ1n) is 7.61. The average Bonchev–Trinajstić information content (AvgIpc) is 3.14. The second-order valence-electron chi connectivity index (χ2n) is 5.67. The molecular formula is C16H21N3OS2. The number of nitrogens with one attached hydrogen (secondary N) is 1. The lowest BCUT2D eigenvalue weighted by atomic mass is 10.2. The Morgan fingerprint density at radius 1 is 1.36 bits per heavy atom. The Hall–Kier alpha value is -1.11. The van der Waals surface area contributed by atoms with Crippen molar-refractivity contribution >= 4 is 24.0 Å². The molecule has 118 valence electrons. The molecule has 4 nitrogen and oxygen atoms in total. The summed E-state index contributed by atoms with van der Waals surface area (Å²) in [7, 11) is 0. The van der Waals surface area contributed by atoms with Gasteiger partial charge in [-0.1, -0.05) is 29.8 Å². The molecule has 0 amide bonds. The van der Waals surface area contributed by atoms with Crippen molar-refractivity contribution in [1.82, 2.24) is 14.8 Å². The van der Waals surface area contributed by atoms with Crippen molar-refractivity contribution < 1.29 is 4.74 Å². The van der Waals surface area contributed by atoms with Crippen molar-refractivity contribution in [3.05, 3.63) is 46.0 Å². The van der Waals surface area contributed by atoms with Crippen LogP contribution in [0, 0.1) is 11.7 Å². The Labute approximate surface area is 140 Å². The van der Waals surface area contributed by atoms with Crippen LogP contribution in [0.3, 0.4) is 0 Å². The number of ether oxygens (including phenoxy) is 1. The summed E-state index contributed by atoms with van der Waals surface area (Å²) >= 11 is 7.21. The van der Waals surface area contributed by atoms with Crippen LogP contribution >= 0.6 is 24.0 Å². The van der Waals surface area contributed by atoms with E-state index in [4.69, 9.17) is 17.0 Å². The van der Waals surface area contributed by atoms with Gasteiger partial charge in [0.2, 0.25) is 0 Å². The monoisotopic (exact) mass is 335 g/mol. The summed E-state index contributed by atoms with van der Waals surface area (Å²) in [5.41, 5.74) is 2.64. The largest absolute Gasteiger partial charge is 0.376 e. The maximum absolute atomic E-state index is 5.71. The smallest absolute Gasteiger partial charge is 0.195 e. The zero-order valence-corrected chi connectivity index (χ0v) is 14.4. The molecular weight excluding hydrogens is 314 g/mol. The van der Waals surface area contributed by atoms with Gasteiger partial charge in [-0.25, -0.2) is 0 Å². The topological polar surface area (TPSA) is 42.8 Å². The van der Waals surface area contributed by atoms with Gasteiger partial charge in [-0.3, -0.25) is 5.10 Å². The van der Waals surface area contributed by atoms with E-state index in [1.165, 1.54) is 11.1 Å². The van der Waals surface area contributed by atoms with Crippen molar-refractivity contribution in [2.75, 3.05) is 6.61 Å². The lowest BCUT2D eigenvalue weighted by molar-refractivity contribution is 0.0960. The van der Waals surface area contributed by atoms with Crippen LogP contribution < -0.4 is 0 Å². The molecule has 0 aliphatic carbocycles. The first kappa shape index (κ1) is 15.8. The number of rotatable bonds is 6. The highest BCUT2D eigenvalue weighted by molar-refractivity contribution is 7.97. The predicted octanol–water partition coefficient (Wildman–Crippen LogP) is 3.86. The van der Waals surface area contributed by atoms with E-state index in [2.05, 4.69) is 46.0 Å². The van der Waals surface area contributed by atoms with E-state index < -0.39 is 0 Å². The van der Waals surface area contributed by atoms with E-state index in [1.54, 1.807) is 0 Å². The molecule has 2 heterocycles. The molecule has 1 N–H and O–H groups in total. The van der Waals surface area contributed by atoms with Crippen LogP contribution in [0.15, 0.2) is 24.3 Å². The predicted molar refractivity (Wildman–Crippen MR) is 92.6 cm³/mol. The number of H-pyrrole nitrogens is 1. The number of nitrogens with zero attached hydrogens (tertiary/aromatic N) is 2. The normalized spacial score (nSPS) is 18.0. The number of aromatic amines is 1. The summed E-state index contributed by atoms with van der Waals surface area (Å²) in [6, 6.07) is 8.68. The lowest BCUT2D eigenvalue weighted by Gasteiger charge is -2.12. The fraction of sp³-hybridized carbons (Fsp3) is 0.500. The van der Waals surface area contributed by atoms with E-state index >= 15 is 0 Å². The first-order chi connectivity index (χ1) is 10.7. The van der Waals surface area contributed by atoms with Gasteiger partial charge in [-0.05, 0) is 37.5 Å². The van der Waals surface area contributed by atoms with Gasteiger partial charge < -0.3 is 9.30 Å². The third-order valence-electron chi connectivity index (χ3n) is 3.87. The zero-order valence-electron chi connectivity index (χ0n) is 12.7. The molecule has 22 heavy (non-hydrogen) atoms. The van der Waals surface area contributed by atoms with E-state index in [-0.39, 0.29) is 6.10 Å². The van der Waals surface area contributed by atoms with Gasteiger partial charge in [0.1, 0.15) is 5.82 Å². The third kappa shape index (κ3) is 4.00. The third-order valence-corrected chi connectivity index (χ3v) is 5.18. The molecule has 2 aromatic rings. The van der Waals surface area contributed by atoms with Gasteiger partial charge >= 0.3 is 0 Å². The van der Waals surface area contributed by atoms with Gasteiger partial charge in [0.25, 0.3) is 0 Å². The van der Waals surface area contributed by atoms with Gasteiger partial charge in [-0.2, -0.15) is 5.10 Å². The van der Waals surface area contributed by atoms with E-state index in [0.29, 0.717) is 4.77 Å². The molecule has 1 aliphatic heterocycles. The molecule has 1 atom stereocenters. The van der Waals surface area contributed by atoms with Crippen molar-refractivity contribution in [3.8, 4) is 0 Å². The van der Waals surface area contributed by atoms with Crippen LogP contribution in [0.1, 0.15) is 29.8 Å². The lowest BCUT2D eigenvalue weighted by Crippen LogP contribution is -2.17. The van der Waals surface area contributed by atoms with Crippen LogP contribution in [-0.4, -0.2) is 27.5 Å². The Balaban J connectivity index is 1.58.